The molecule has 2 aromatic rings. The maximum absolute atomic E-state index is 11.5. The first-order valence-corrected chi connectivity index (χ1v) is 16.3. The third-order valence-electron chi connectivity index (χ3n) is 7.73. The van der Waals surface area contributed by atoms with Crippen LogP contribution in [0, 0.1) is 0 Å². The Morgan fingerprint density at radius 2 is 1.86 bits per heavy atom. The zero-order chi connectivity index (χ0) is 26.3. The van der Waals surface area contributed by atoms with Crippen molar-refractivity contribution in [3.05, 3.63) is 75.8 Å². The maximum atomic E-state index is 11.5. The zero-order valence-electron chi connectivity index (χ0n) is 22.8. The minimum absolute atomic E-state index is 0.228. The van der Waals surface area contributed by atoms with Crippen molar-refractivity contribution in [2.45, 2.75) is 70.6 Å². The fourth-order valence-corrected chi connectivity index (χ4v) is 5.70. The lowest BCUT2D eigenvalue weighted by Crippen LogP contribution is -2.41. The largest absolute Gasteiger partial charge is 0.466 e. The summed E-state index contributed by atoms with van der Waals surface area (Å²) in [5.74, 6) is -0.332. The lowest BCUT2D eigenvalue weighted by Gasteiger charge is -2.36. The summed E-state index contributed by atoms with van der Waals surface area (Å²) in [6.45, 7) is 14.3. The molecular formula is C30H42ClNO3Si. The predicted octanol–water partition coefficient (Wildman–Crippen LogP) is 7.47. The molecule has 0 aromatic heterocycles. The summed E-state index contributed by atoms with van der Waals surface area (Å²) in [5, 5.41) is 1.01. The molecule has 0 amide bonds. The highest BCUT2D eigenvalue weighted by Crippen LogP contribution is 2.38. The van der Waals surface area contributed by atoms with Crippen LogP contribution in [0.15, 0.2) is 48.5 Å². The van der Waals surface area contributed by atoms with Crippen molar-refractivity contribution in [1.29, 1.82) is 0 Å². The number of esters is 1. The molecular weight excluding hydrogens is 486 g/mol. The number of rotatable bonds is 11. The first kappa shape index (κ1) is 28.6. The summed E-state index contributed by atoms with van der Waals surface area (Å²) in [4.78, 5) is 14.1. The zero-order valence-corrected chi connectivity index (χ0v) is 24.5. The molecule has 2 aromatic carbocycles. The van der Waals surface area contributed by atoms with Crippen LogP contribution in [0.5, 0.6) is 0 Å². The fourth-order valence-electron chi connectivity index (χ4n) is 4.49. The van der Waals surface area contributed by atoms with Gasteiger partial charge in [-0.2, -0.15) is 0 Å². The van der Waals surface area contributed by atoms with Gasteiger partial charge in [0.15, 0.2) is 8.32 Å². The van der Waals surface area contributed by atoms with Gasteiger partial charge in [-0.3, -0.25) is 4.90 Å². The number of ether oxygens (including phenoxy) is 1. The van der Waals surface area contributed by atoms with Crippen LogP contribution in [0.2, 0.25) is 23.2 Å². The summed E-state index contributed by atoms with van der Waals surface area (Å²) in [5.41, 5.74) is 5.13. The van der Waals surface area contributed by atoms with Crippen LogP contribution < -0.4 is 0 Å². The van der Waals surface area contributed by atoms with E-state index in [0.29, 0.717) is 6.04 Å². The Bertz CT molecular complexity index is 1040. The normalized spacial score (nSPS) is 16.1. The van der Waals surface area contributed by atoms with Gasteiger partial charge in [-0.05, 0) is 84.3 Å². The molecule has 0 spiro atoms. The summed E-state index contributed by atoms with van der Waals surface area (Å²) >= 11 is 6.10. The van der Waals surface area contributed by atoms with Crippen molar-refractivity contribution in [2.75, 3.05) is 26.8 Å². The molecule has 0 N–H and O–H groups in total. The van der Waals surface area contributed by atoms with E-state index < -0.39 is 8.32 Å². The van der Waals surface area contributed by atoms with E-state index in [1.807, 2.05) is 18.2 Å². The fraction of sp³-hybridized carbons (Fsp3) is 0.500. The van der Waals surface area contributed by atoms with Crippen LogP contribution in [0.3, 0.4) is 0 Å². The van der Waals surface area contributed by atoms with Gasteiger partial charge in [0, 0.05) is 36.8 Å². The van der Waals surface area contributed by atoms with Crippen molar-refractivity contribution in [1.82, 2.24) is 4.90 Å². The molecule has 1 aliphatic carbocycles. The smallest absolute Gasteiger partial charge is 0.330 e. The number of nitrogens with zero attached hydrogens (tertiary/aromatic N) is 1. The van der Waals surface area contributed by atoms with Crippen LogP contribution >= 0.6 is 11.6 Å². The Morgan fingerprint density at radius 3 is 2.53 bits per heavy atom. The number of fused-ring (bicyclic) bond motifs is 1. The quantitative estimate of drug-likeness (QED) is 0.131. The number of halogens is 1. The molecule has 0 heterocycles. The van der Waals surface area contributed by atoms with Crippen LogP contribution in [-0.4, -0.2) is 46.0 Å². The number of hydrogen-bond acceptors (Lipinski definition) is 4. The van der Waals surface area contributed by atoms with Gasteiger partial charge in [0.1, 0.15) is 0 Å². The highest BCUT2D eigenvalue weighted by molar-refractivity contribution is 6.74. The van der Waals surface area contributed by atoms with Gasteiger partial charge in [0.2, 0.25) is 0 Å². The van der Waals surface area contributed by atoms with E-state index in [1.165, 1.54) is 29.9 Å². The first-order valence-electron chi connectivity index (χ1n) is 13.0. The summed E-state index contributed by atoms with van der Waals surface area (Å²) in [6.07, 6.45) is 7.50. The van der Waals surface area contributed by atoms with E-state index in [1.54, 1.807) is 0 Å². The average molecular weight is 528 g/mol. The van der Waals surface area contributed by atoms with E-state index in [9.17, 15) is 4.79 Å². The third-order valence-corrected chi connectivity index (χ3v) is 12.5. The number of carbonyl (C=O) groups excluding carboxylic acids is 1. The molecule has 6 heteroatoms. The molecule has 0 radical (unpaired) electrons. The molecule has 0 saturated carbocycles. The molecule has 0 fully saturated rings. The molecule has 1 unspecified atom stereocenters. The van der Waals surface area contributed by atoms with Gasteiger partial charge >= 0.3 is 5.97 Å². The molecule has 0 saturated heterocycles. The van der Waals surface area contributed by atoms with Gasteiger partial charge in [-0.25, -0.2) is 4.79 Å². The Hall–Kier alpha value is -1.92. The van der Waals surface area contributed by atoms with Crippen molar-refractivity contribution in [3.8, 4) is 0 Å². The molecule has 4 nitrogen and oxygen atoms in total. The van der Waals surface area contributed by atoms with Crippen molar-refractivity contribution >= 4 is 32.0 Å². The molecule has 3 rings (SSSR count). The molecule has 36 heavy (non-hydrogen) atoms. The topological polar surface area (TPSA) is 38.8 Å². The number of carbonyl (C=O) groups is 1. The second-order valence-corrected chi connectivity index (χ2v) is 16.5. The summed E-state index contributed by atoms with van der Waals surface area (Å²) in [7, 11) is -0.339. The lowest BCUT2D eigenvalue weighted by molar-refractivity contribution is -0.134. The monoisotopic (exact) mass is 527 g/mol. The van der Waals surface area contributed by atoms with Crippen LogP contribution in [0.25, 0.3) is 6.08 Å². The maximum Gasteiger partial charge on any atom is 0.330 e. The molecule has 1 atom stereocenters. The number of benzene rings is 2. The van der Waals surface area contributed by atoms with Gasteiger partial charge in [0.25, 0.3) is 0 Å². The average Bonchev–Trinajstić information content (AvgIpc) is 3.25. The van der Waals surface area contributed by atoms with Crippen LogP contribution in [0.4, 0.5) is 0 Å². The number of methoxy groups -OCH3 is 1. The van der Waals surface area contributed by atoms with Gasteiger partial charge in [0.05, 0.1) is 7.11 Å². The van der Waals surface area contributed by atoms with Crippen molar-refractivity contribution in [3.63, 3.8) is 0 Å². The second kappa shape index (κ2) is 12.5. The Balaban J connectivity index is 1.71. The SMILES string of the molecule is COC(=O)/C=C/c1ccc2c(c1)CCC2N(CCCO[Si](C)(C)C(C)(C)C)CCc1ccc(Cl)cc1. The van der Waals surface area contributed by atoms with Crippen molar-refractivity contribution < 1.29 is 14.0 Å². The Kier molecular flexibility index (Phi) is 9.99. The molecule has 0 aliphatic heterocycles. The Morgan fingerprint density at radius 1 is 1.14 bits per heavy atom. The van der Waals surface area contributed by atoms with E-state index in [0.717, 1.165) is 56.0 Å². The van der Waals surface area contributed by atoms with E-state index in [2.05, 4.69) is 69.1 Å². The number of hydrogen-bond donors (Lipinski definition) is 0. The van der Waals surface area contributed by atoms with Gasteiger partial charge in [-0.1, -0.05) is 62.7 Å². The van der Waals surface area contributed by atoms with Gasteiger partial charge < -0.3 is 9.16 Å². The van der Waals surface area contributed by atoms with Crippen molar-refractivity contribution in [2.24, 2.45) is 0 Å². The highest BCUT2D eigenvalue weighted by Gasteiger charge is 2.37. The van der Waals surface area contributed by atoms with Gasteiger partial charge in [-0.15, -0.1) is 0 Å². The number of aryl methyl sites for hydroxylation is 1. The summed E-state index contributed by atoms with van der Waals surface area (Å²) < 4.78 is 11.2. The highest BCUT2D eigenvalue weighted by atomic mass is 35.5. The van der Waals surface area contributed by atoms with E-state index in [-0.39, 0.29) is 11.0 Å². The Labute approximate surface area is 223 Å². The second-order valence-electron chi connectivity index (χ2n) is 11.2. The predicted molar refractivity (Wildman–Crippen MR) is 153 cm³/mol. The third kappa shape index (κ3) is 7.79. The molecule has 196 valence electrons. The standard InChI is InChI=1S/C30H42ClNO3Si/c1-30(2,3)36(5,6)35-21-7-19-32(20-18-23-8-13-26(31)14-9-23)28-16-12-25-22-24(10-15-27(25)28)11-17-29(33)34-4/h8-11,13-15,17,22,28H,7,12,16,18-21H2,1-6H3/b17-11+. The van der Waals surface area contributed by atoms with Crippen LogP contribution in [-0.2, 0) is 26.8 Å². The molecule has 0 bridgehead atoms. The van der Waals surface area contributed by atoms with E-state index in [4.69, 9.17) is 20.8 Å². The molecule has 1 aliphatic rings. The van der Waals surface area contributed by atoms with Crippen LogP contribution in [0.1, 0.15) is 61.9 Å². The first-order chi connectivity index (χ1) is 17.0. The summed E-state index contributed by atoms with van der Waals surface area (Å²) in [6, 6.07) is 15.2. The minimum atomic E-state index is -1.74. The minimum Gasteiger partial charge on any atom is -0.466 e. The lowest BCUT2D eigenvalue weighted by atomic mass is 10.0. The van der Waals surface area contributed by atoms with E-state index >= 15 is 0 Å².